The van der Waals surface area contributed by atoms with Crippen LogP contribution in [0.2, 0.25) is 0 Å². The molecular formula is C24H24N2O5. The van der Waals surface area contributed by atoms with E-state index in [9.17, 15) is 9.90 Å². The topological polar surface area (TPSA) is 90.8 Å². The molecular weight excluding hydrogens is 396 g/mol. The van der Waals surface area contributed by atoms with Gasteiger partial charge in [-0.05, 0) is 44.0 Å². The largest absolute Gasteiger partial charge is 0.500 e. The van der Waals surface area contributed by atoms with Crippen molar-refractivity contribution in [2.24, 2.45) is 0 Å². The van der Waals surface area contributed by atoms with Gasteiger partial charge in [-0.3, -0.25) is 0 Å². The van der Waals surface area contributed by atoms with Crippen molar-refractivity contribution >= 4 is 11.5 Å². The summed E-state index contributed by atoms with van der Waals surface area (Å²) in [5, 5.41) is 9.72. The zero-order chi connectivity index (χ0) is 22.4. The number of methoxy groups -OCH3 is 1. The highest BCUT2D eigenvalue weighted by Gasteiger charge is 2.24. The number of aromatic nitrogens is 2. The molecule has 0 bridgehead atoms. The van der Waals surface area contributed by atoms with Crippen molar-refractivity contribution in [2.75, 3.05) is 7.11 Å². The van der Waals surface area contributed by atoms with E-state index in [2.05, 4.69) is 9.97 Å². The van der Waals surface area contributed by atoms with Crippen molar-refractivity contribution in [2.45, 2.75) is 27.4 Å². The number of hydrogen-bond acceptors (Lipinski definition) is 6. The molecule has 160 valence electrons. The number of ether oxygens (including phenoxy) is 3. The van der Waals surface area contributed by atoms with Gasteiger partial charge < -0.3 is 19.3 Å². The van der Waals surface area contributed by atoms with Gasteiger partial charge in [-0.2, -0.15) is 0 Å². The SMILES string of the molecule is COC(C)=C(C(=O)O)c1c(C)ncnc1Oc1cccc(OCc2ccccc2C)c1. The molecule has 31 heavy (non-hydrogen) atoms. The van der Waals surface area contributed by atoms with Gasteiger partial charge >= 0.3 is 5.97 Å². The number of carboxylic acids is 1. The zero-order valence-electron chi connectivity index (χ0n) is 17.9. The number of benzene rings is 2. The molecule has 0 saturated heterocycles. The normalized spacial score (nSPS) is 11.5. The maximum absolute atomic E-state index is 11.9. The predicted molar refractivity (Wildman–Crippen MR) is 116 cm³/mol. The smallest absolute Gasteiger partial charge is 0.340 e. The summed E-state index contributed by atoms with van der Waals surface area (Å²) in [4.78, 5) is 20.2. The maximum atomic E-state index is 11.9. The molecule has 7 heteroatoms. The van der Waals surface area contributed by atoms with E-state index in [1.54, 1.807) is 32.0 Å². The highest BCUT2D eigenvalue weighted by molar-refractivity contribution is 6.17. The van der Waals surface area contributed by atoms with Crippen LogP contribution in [-0.2, 0) is 16.1 Å². The second kappa shape index (κ2) is 9.75. The summed E-state index contributed by atoms with van der Waals surface area (Å²) in [5.41, 5.74) is 2.92. The van der Waals surface area contributed by atoms with Crippen molar-refractivity contribution in [1.29, 1.82) is 0 Å². The van der Waals surface area contributed by atoms with Crippen LogP contribution in [-0.4, -0.2) is 28.2 Å². The maximum Gasteiger partial charge on any atom is 0.340 e. The van der Waals surface area contributed by atoms with E-state index in [-0.39, 0.29) is 22.8 Å². The first-order chi connectivity index (χ1) is 14.9. The molecule has 0 aliphatic carbocycles. The fourth-order valence-electron chi connectivity index (χ4n) is 3.02. The molecule has 1 heterocycles. The molecule has 0 atom stereocenters. The van der Waals surface area contributed by atoms with Gasteiger partial charge in [0.1, 0.15) is 35.8 Å². The second-order valence-electron chi connectivity index (χ2n) is 6.87. The minimum absolute atomic E-state index is 0.0532. The minimum atomic E-state index is -1.16. The van der Waals surface area contributed by atoms with Crippen molar-refractivity contribution in [1.82, 2.24) is 9.97 Å². The minimum Gasteiger partial charge on any atom is -0.500 e. The van der Waals surface area contributed by atoms with Crippen LogP contribution in [0.25, 0.3) is 5.57 Å². The van der Waals surface area contributed by atoms with Crippen molar-refractivity contribution in [3.8, 4) is 17.4 Å². The summed E-state index contributed by atoms with van der Waals surface area (Å²) < 4.78 is 17.0. The number of allylic oxidation sites excluding steroid dienone is 1. The van der Waals surface area contributed by atoms with Gasteiger partial charge in [-0.15, -0.1) is 0 Å². The average molecular weight is 420 g/mol. The molecule has 0 saturated carbocycles. The first-order valence-electron chi connectivity index (χ1n) is 9.66. The van der Waals surface area contributed by atoms with Gasteiger partial charge in [0.05, 0.1) is 18.4 Å². The van der Waals surface area contributed by atoms with Gasteiger partial charge in [-0.1, -0.05) is 30.3 Å². The van der Waals surface area contributed by atoms with Crippen LogP contribution in [0.4, 0.5) is 0 Å². The molecule has 1 aromatic heterocycles. The Kier molecular flexibility index (Phi) is 6.87. The molecule has 3 rings (SSSR count). The Morgan fingerprint density at radius 3 is 2.48 bits per heavy atom. The van der Waals surface area contributed by atoms with Gasteiger partial charge in [0.2, 0.25) is 5.88 Å². The number of rotatable bonds is 8. The molecule has 7 nitrogen and oxygen atoms in total. The Morgan fingerprint density at radius 2 is 1.77 bits per heavy atom. The Hall–Kier alpha value is -3.87. The molecule has 0 aliphatic heterocycles. The third kappa shape index (κ3) is 5.19. The van der Waals surface area contributed by atoms with Crippen LogP contribution in [0.1, 0.15) is 29.3 Å². The quantitative estimate of drug-likeness (QED) is 0.408. The lowest BCUT2D eigenvalue weighted by Gasteiger charge is -2.15. The molecule has 0 radical (unpaired) electrons. The van der Waals surface area contributed by atoms with Crippen LogP contribution >= 0.6 is 0 Å². The van der Waals surface area contributed by atoms with E-state index in [1.165, 1.54) is 13.4 Å². The number of nitrogens with zero attached hydrogens (tertiary/aromatic N) is 2. The van der Waals surface area contributed by atoms with Gasteiger partial charge in [0, 0.05) is 6.07 Å². The molecule has 0 unspecified atom stereocenters. The van der Waals surface area contributed by atoms with E-state index in [1.807, 2.05) is 37.3 Å². The lowest BCUT2D eigenvalue weighted by molar-refractivity contribution is -0.130. The van der Waals surface area contributed by atoms with Crippen LogP contribution in [0.3, 0.4) is 0 Å². The highest BCUT2D eigenvalue weighted by atomic mass is 16.5. The van der Waals surface area contributed by atoms with E-state index >= 15 is 0 Å². The summed E-state index contributed by atoms with van der Waals surface area (Å²) in [5.74, 6) is 0.275. The fraction of sp³-hybridized carbons (Fsp3) is 0.208. The lowest BCUT2D eigenvalue weighted by atomic mass is 10.0. The monoisotopic (exact) mass is 420 g/mol. The Morgan fingerprint density at radius 1 is 1.03 bits per heavy atom. The van der Waals surface area contributed by atoms with Gasteiger partial charge in [-0.25, -0.2) is 14.8 Å². The molecule has 1 N–H and O–H groups in total. The van der Waals surface area contributed by atoms with E-state index in [4.69, 9.17) is 14.2 Å². The molecule has 2 aromatic carbocycles. The summed E-state index contributed by atoms with van der Waals surface area (Å²) >= 11 is 0. The fourth-order valence-corrected chi connectivity index (χ4v) is 3.02. The Balaban J connectivity index is 1.89. The van der Waals surface area contributed by atoms with Crippen LogP contribution in [0.15, 0.2) is 60.6 Å². The van der Waals surface area contributed by atoms with E-state index < -0.39 is 5.97 Å². The Bertz CT molecular complexity index is 1120. The first kappa shape index (κ1) is 21.8. The molecule has 3 aromatic rings. The van der Waals surface area contributed by atoms with Crippen LogP contribution < -0.4 is 9.47 Å². The van der Waals surface area contributed by atoms with Gasteiger partial charge in [0.15, 0.2) is 0 Å². The molecule has 0 amide bonds. The highest BCUT2D eigenvalue weighted by Crippen LogP contribution is 2.33. The molecule has 0 fully saturated rings. The van der Waals surface area contributed by atoms with E-state index in [0.29, 0.717) is 23.8 Å². The number of hydrogen-bond donors (Lipinski definition) is 1. The summed E-state index contributed by atoms with van der Waals surface area (Å²) in [7, 11) is 1.41. The molecule has 0 aliphatic rings. The summed E-state index contributed by atoms with van der Waals surface area (Å²) in [6.45, 7) is 5.72. The Labute approximate surface area is 181 Å². The van der Waals surface area contributed by atoms with Crippen molar-refractivity contribution < 1.29 is 24.1 Å². The standard InChI is InChI=1S/C24H24N2O5/c1-15-8-5-6-9-18(15)13-30-19-10-7-11-20(12-19)31-23-21(16(2)25-14-26-23)22(24(27)28)17(3)29-4/h5-12,14H,13H2,1-4H3,(H,27,28). The summed E-state index contributed by atoms with van der Waals surface area (Å²) in [6.07, 6.45) is 1.33. The summed E-state index contributed by atoms with van der Waals surface area (Å²) in [6, 6.07) is 15.1. The van der Waals surface area contributed by atoms with Gasteiger partial charge in [0.25, 0.3) is 0 Å². The lowest BCUT2D eigenvalue weighted by Crippen LogP contribution is -2.09. The number of aliphatic carboxylic acids is 1. The number of aryl methyl sites for hydroxylation is 2. The molecule has 0 spiro atoms. The predicted octanol–water partition coefficient (Wildman–Crippen LogP) is 4.93. The third-order valence-corrected chi connectivity index (χ3v) is 4.80. The number of carboxylic acid groups (broad SMARTS) is 1. The zero-order valence-corrected chi connectivity index (χ0v) is 17.9. The van der Waals surface area contributed by atoms with E-state index in [0.717, 1.165) is 11.1 Å². The third-order valence-electron chi connectivity index (χ3n) is 4.80. The average Bonchev–Trinajstić information content (AvgIpc) is 2.75. The van der Waals surface area contributed by atoms with Crippen molar-refractivity contribution in [3.05, 3.63) is 83.0 Å². The van der Waals surface area contributed by atoms with Crippen LogP contribution in [0.5, 0.6) is 17.4 Å². The second-order valence-corrected chi connectivity index (χ2v) is 6.87. The van der Waals surface area contributed by atoms with Crippen LogP contribution in [0, 0.1) is 13.8 Å². The first-order valence-corrected chi connectivity index (χ1v) is 9.66. The number of carbonyl (C=O) groups is 1. The van der Waals surface area contributed by atoms with Crippen molar-refractivity contribution in [3.63, 3.8) is 0 Å².